The van der Waals surface area contributed by atoms with Crippen LogP contribution >= 0.6 is 0 Å². The van der Waals surface area contributed by atoms with Crippen LogP contribution in [0.2, 0.25) is 0 Å². The van der Waals surface area contributed by atoms with Gasteiger partial charge in [0.1, 0.15) is 5.75 Å². The van der Waals surface area contributed by atoms with E-state index in [-0.39, 0.29) is 0 Å². The zero-order valence-electron chi connectivity index (χ0n) is 9.34. The van der Waals surface area contributed by atoms with Gasteiger partial charge in [-0.25, -0.2) is 0 Å². The largest absolute Gasteiger partial charge is 0.494 e. The SMILES string of the molecule is CCCCOc1ccc(C(F)(F)F)c(C#N)c1. The third kappa shape index (κ3) is 3.66. The minimum atomic E-state index is -4.51. The molecule has 0 radical (unpaired) electrons. The van der Waals surface area contributed by atoms with Gasteiger partial charge in [0.15, 0.2) is 0 Å². The van der Waals surface area contributed by atoms with Gasteiger partial charge in [0, 0.05) is 0 Å². The van der Waals surface area contributed by atoms with Crippen molar-refractivity contribution in [2.45, 2.75) is 25.9 Å². The van der Waals surface area contributed by atoms with E-state index in [1.54, 1.807) is 0 Å². The minimum absolute atomic E-state index is 0.294. The van der Waals surface area contributed by atoms with E-state index in [0.717, 1.165) is 25.0 Å². The summed E-state index contributed by atoms with van der Waals surface area (Å²) in [7, 11) is 0. The molecule has 0 spiro atoms. The number of unbranched alkanes of at least 4 members (excludes halogenated alkanes) is 1. The number of ether oxygens (including phenoxy) is 1. The average molecular weight is 243 g/mol. The summed E-state index contributed by atoms with van der Waals surface area (Å²) in [5.41, 5.74) is -1.34. The molecule has 1 rings (SSSR count). The lowest BCUT2D eigenvalue weighted by atomic mass is 10.1. The second-order valence-electron chi connectivity index (χ2n) is 3.52. The molecule has 0 heterocycles. The van der Waals surface area contributed by atoms with E-state index in [0.29, 0.717) is 12.4 Å². The summed E-state index contributed by atoms with van der Waals surface area (Å²) in [5.74, 6) is 0.294. The molecule has 0 aliphatic carbocycles. The van der Waals surface area contributed by atoms with Crippen molar-refractivity contribution in [2.24, 2.45) is 0 Å². The van der Waals surface area contributed by atoms with Gasteiger partial charge in [0.25, 0.3) is 0 Å². The topological polar surface area (TPSA) is 33.0 Å². The molecule has 0 N–H and O–H groups in total. The predicted molar refractivity (Wildman–Crippen MR) is 56.6 cm³/mol. The molecule has 0 amide bonds. The van der Waals surface area contributed by atoms with Gasteiger partial charge >= 0.3 is 6.18 Å². The fraction of sp³-hybridized carbons (Fsp3) is 0.417. The first-order chi connectivity index (χ1) is 7.99. The molecule has 0 aliphatic rings. The number of nitriles is 1. The van der Waals surface area contributed by atoms with Gasteiger partial charge in [-0.1, -0.05) is 13.3 Å². The van der Waals surface area contributed by atoms with Gasteiger partial charge in [0.05, 0.1) is 23.8 Å². The Morgan fingerprint density at radius 3 is 2.59 bits per heavy atom. The lowest BCUT2D eigenvalue weighted by molar-refractivity contribution is -0.137. The van der Waals surface area contributed by atoms with Crippen LogP contribution in [0.1, 0.15) is 30.9 Å². The Morgan fingerprint density at radius 1 is 1.35 bits per heavy atom. The van der Waals surface area contributed by atoms with Crippen molar-refractivity contribution < 1.29 is 17.9 Å². The molecule has 0 aliphatic heterocycles. The van der Waals surface area contributed by atoms with Crippen LogP contribution in [0.25, 0.3) is 0 Å². The molecule has 0 aromatic heterocycles. The van der Waals surface area contributed by atoms with Crippen molar-refractivity contribution in [3.63, 3.8) is 0 Å². The third-order valence-corrected chi connectivity index (χ3v) is 2.18. The Balaban J connectivity index is 2.90. The van der Waals surface area contributed by atoms with Crippen molar-refractivity contribution in [3.8, 4) is 11.8 Å². The lowest BCUT2D eigenvalue weighted by Crippen LogP contribution is -2.08. The van der Waals surface area contributed by atoms with Gasteiger partial charge in [-0.05, 0) is 24.6 Å². The van der Waals surface area contributed by atoms with Crippen molar-refractivity contribution >= 4 is 0 Å². The van der Waals surface area contributed by atoms with E-state index in [2.05, 4.69) is 0 Å². The van der Waals surface area contributed by atoms with Crippen molar-refractivity contribution in [1.82, 2.24) is 0 Å². The molecule has 92 valence electrons. The van der Waals surface area contributed by atoms with Crippen LogP contribution in [-0.4, -0.2) is 6.61 Å². The van der Waals surface area contributed by atoms with E-state index >= 15 is 0 Å². The smallest absolute Gasteiger partial charge is 0.417 e. The van der Waals surface area contributed by atoms with Crippen LogP contribution in [0.4, 0.5) is 13.2 Å². The first-order valence-electron chi connectivity index (χ1n) is 5.23. The fourth-order valence-electron chi connectivity index (χ4n) is 1.29. The number of benzene rings is 1. The van der Waals surface area contributed by atoms with E-state index in [4.69, 9.17) is 10.00 Å². The Kier molecular flexibility index (Phi) is 4.38. The molecule has 1 aromatic carbocycles. The highest BCUT2D eigenvalue weighted by atomic mass is 19.4. The van der Waals surface area contributed by atoms with Crippen LogP contribution < -0.4 is 4.74 Å². The molecule has 0 unspecified atom stereocenters. The first-order valence-corrected chi connectivity index (χ1v) is 5.23. The van der Waals surface area contributed by atoms with Crippen LogP contribution in [-0.2, 0) is 6.18 Å². The fourth-order valence-corrected chi connectivity index (χ4v) is 1.29. The number of nitrogens with zero attached hydrogens (tertiary/aromatic N) is 1. The first kappa shape index (κ1) is 13.4. The van der Waals surface area contributed by atoms with Crippen molar-refractivity contribution in [3.05, 3.63) is 29.3 Å². The van der Waals surface area contributed by atoms with Gasteiger partial charge in [-0.15, -0.1) is 0 Å². The van der Waals surface area contributed by atoms with Crippen LogP contribution in [0.3, 0.4) is 0 Å². The molecule has 0 saturated heterocycles. The molecule has 0 saturated carbocycles. The predicted octanol–water partition coefficient (Wildman–Crippen LogP) is 3.76. The Bertz CT molecular complexity index is 421. The lowest BCUT2D eigenvalue weighted by Gasteiger charge is -2.10. The van der Waals surface area contributed by atoms with Gasteiger partial charge < -0.3 is 4.74 Å². The number of hydrogen-bond donors (Lipinski definition) is 0. The quantitative estimate of drug-likeness (QED) is 0.754. The number of alkyl halides is 3. The summed E-state index contributed by atoms with van der Waals surface area (Å²) in [6, 6.07) is 4.77. The van der Waals surface area contributed by atoms with Crippen molar-refractivity contribution in [1.29, 1.82) is 5.26 Å². The maximum Gasteiger partial charge on any atom is 0.417 e. The molecular formula is C12H12F3NO. The molecule has 0 atom stereocenters. The highest BCUT2D eigenvalue weighted by Gasteiger charge is 2.33. The third-order valence-electron chi connectivity index (χ3n) is 2.18. The minimum Gasteiger partial charge on any atom is -0.494 e. The summed E-state index contributed by atoms with van der Waals surface area (Å²) in [4.78, 5) is 0. The molecule has 1 aromatic rings. The normalized spacial score (nSPS) is 11.0. The maximum absolute atomic E-state index is 12.5. The summed E-state index contributed by atoms with van der Waals surface area (Å²) >= 11 is 0. The van der Waals surface area contributed by atoms with E-state index in [1.165, 1.54) is 12.1 Å². The van der Waals surface area contributed by atoms with Gasteiger partial charge in [-0.3, -0.25) is 0 Å². The number of halogens is 3. The van der Waals surface area contributed by atoms with Crippen LogP contribution in [0, 0.1) is 11.3 Å². The molecule has 5 heteroatoms. The molecule has 0 fully saturated rings. The van der Waals surface area contributed by atoms with Gasteiger partial charge in [-0.2, -0.15) is 18.4 Å². The summed E-state index contributed by atoms with van der Waals surface area (Å²) in [5, 5.41) is 8.67. The molecule has 0 bridgehead atoms. The van der Waals surface area contributed by atoms with Crippen LogP contribution in [0.15, 0.2) is 18.2 Å². The van der Waals surface area contributed by atoms with E-state index in [1.807, 2.05) is 6.92 Å². The maximum atomic E-state index is 12.5. The number of rotatable bonds is 4. The second kappa shape index (κ2) is 5.58. The average Bonchev–Trinajstić information content (AvgIpc) is 2.28. The highest BCUT2D eigenvalue weighted by Crippen LogP contribution is 2.33. The van der Waals surface area contributed by atoms with E-state index in [9.17, 15) is 13.2 Å². The zero-order valence-corrected chi connectivity index (χ0v) is 9.34. The zero-order chi connectivity index (χ0) is 12.9. The monoisotopic (exact) mass is 243 g/mol. The second-order valence-corrected chi connectivity index (χ2v) is 3.52. The Hall–Kier alpha value is -1.70. The molecule has 17 heavy (non-hydrogen) atoms. The van der Waals surface area contributed by atoms with Crippen LogP contribution in [0.5, 0.6) is 5.75 Å². The molecular weight excluding hydrogens is 231 g/mol. The summed E-state index contributed by atoms with van der Waals surface area (Å²) < 4.78 is 42.7. The standard InChI is InChI=1S/C12H12F3NO/c1-2-3-6-17-10-4-5-11(12(13,14)15)9(7-10)8-16/h4-5,7H,2-3,6H2,1H3. The number of hydrogen-bond acceptors (Lipinski definition) is 2. The van der Waals surface area contributed by atoms with Crippen molar-refractivity contribution in [2.75, 3.05) is 6.61 Å². The summed E-state index contributed by atoms with van der Waals surface area (Å²) in [6.07, 6.45) is -2.75. The molecule has 2 nitrogen and oxygen atoms in total. The Labute approximate surface area is 97.6 Å². The van der Waals surface area contributed by atoms with Gasteiger partial charge in [0.2, 0.25) is 0 Å². The van der Waals surface area contributed by atoms with E-state index < -0.39 is 17.3 Å². The summed E-state index contributed by atoms with van der Waals surface area (Å²) in [6.45, 7) is 2.42. The Morgan fingerprint density at radius 2 is 2.06 bits per heavy atom. The highest BCUT2D eigenvalue weighted by molar-refractivity contribution is 5.44.